The highest BCUT2D eigenvalue weighted by atomic mass is 32.1. The van der Waals surface area contributed by atoms with Gasteiger partial charge in [-0.25, -0.2) is 4.98 Å². The lowest BCUT2D eigenvalue weighted by Crippen LogP contribution is -2.23. The fourth-order valence-corrected chi connectivity index (χ4v) is 3.39. The zero-order chi connectivity index (χ0) is 15.4. The van der Waals surface area contributed by atoms with Crippen LogP contribution in [0.15, 0.2) is 18.2 Å². The van der Waals surface area contributed by atoms with Crippen molar-refractivity contribution in [1.82, 2.24) is 4.98 Å². The summed E-state index contributed by atoms with van der Waals surface area (Å²) in [4.78, 5) is 16.5. The second-order valence-electron chi connectivity index (χ2n) is 5.90. The van der Waals surface area contributed by atoms with Gasteiger partial charge in [-0.05, 0) is 49.9 Å². The second-order valence-corrected chi connectivity index (χ2v) is 7.13. The molecule has 0 aliphatic heterocycles. The Morgan fingerprint density at radius 2 is 2.19 bits per heavy atom. The fourth-order valence-electron chi connectivity index (χ4n) is 2.52. The first-order valence-electron chi connectivity index (χ1n) is 7.35. The summed E-state index contributed by atoms with van der Waals surface area (Å²) in [5.74, 6) is 0.842. The molecular formula is C16H23N3OS. The van der Waals surface area contributed by atoms with Crippen LogP contribution in [0.25, 0.3) is 10.2 Å². The van der Waals surface area contributed by atoms with Crippen LogP contribution in [-0.2, 0) is 4.79 Å². The zero-order valence-corrected chi connectivity index (χ0v) is 13.7. The van der Waals surface area contributed by atoms with Crippen molar-refractivity contribution in [3.63, 3.8) is 0 Å². The minimum atomic E-state index is 0.0340. The number of fused-ring (bicyclic) bond motifs is 1. The predicted octanol–water partition coefficient (Wildman–Crippen LogP) is 3.55. The third-order valence-electron chi connectivity index (χ3n) is 3.39. The van der Waals surface area contributed by atoms with Gasteiger partial charge in [-0.3, -0.25) is 4.79 Å². The van der Waals surface area contributed by atoms with Crippen molar-refractivity contribution >= 4 is 33.1 Å². The Kier molecular flexibility index (Phi) is 5.31. The van der Waals surface area contributed by atoms with Gasteiger partial charge in [0.1, 0.15) is 0 Å². The lowest BCUT2D eigenvalue weighted by Gasteiger charge is -2.16. The Balaban J connectivity index is 2.00. The van der Waals surface area contributed by atoms with Crippen molar-refractivity contribution < 1.29 is 4.79 Å². The minimum absolute atomic E-state index is 0.0340. The molecule has 1 atom stereocenters. The number of carbonyl (C=O) groups excluding carboxylic acids is 1. The molecule has 2 rings (SSSR count). The summed E-state index contributed by atoms with van der Waals surface area (Å²) in [6.45, 7) is 6.85. The zero-order valence-electron chi connectivity index (χ0n) is 12.8. The molecule has 0 radical (unpaired) electrons. The molecule has 1 heterocycles. The molecule has 0 saturated carbocycles. The Hall–Kier alpha value is -1.46. The molecule has 3 N–H and O–H groups in total. The van der Waals surface area contributed by atoms with Crippen molar-refractivity contribution in [3.05, 3.63) is 23.2 Å². The molecule has 0 aliphatic carbocycles. The Morgan fingerprint density at radius 1 is 1.43 bits per heavy atom. The lowest BCUT2D eigenvalue weighted by atomic mass is 9.94. The summed E-state index contributed by atoms with van der Waals surface area (Å²) in [5, 5.41) is 4.00. The molecule has 0 spiro atoms. The van der Waals surface area contributed by atoms with Crippen molar-refractivity contribution in [2.75, 3.05) is 11.9 Å². The van der Waals surface area contributed by atoms with Gasteiger partial charge in [-0.2, -0.15) is 0 Å². The van der Waals surface area contributed by atoms with E-state index in [4.69, 9.17) is 5.73 Å². The molecule has 1 aromatic carbocycles. The minimum Gasteiger partial charge on any atom is -0.330 e. The second kappa shape index (κ2) is 7.00. The first-order chi connectivity index (χ1) is 9.97. The van der Waals surface area contributed by atoms with E-state index in [1.165, 1.54) is 0 Å². The molecule has 0 saturated heterocycles. The van der Waals surface area contributed by atoms with Crippen LogP contribution in [0, 0.1) is 18.8 Å². The molecule has 1 amide bonds. The Bertz CT molecular complexity index is 621. The van der Waals surface area contributed by atoms with E-state index in [0.717, 1.165) is 27.3 Å². The molecule has 114 valence electrons. The number of benzene rings is 1. The number of rotatable bonds is 6. The summed E-state index contributed by atoms with van der Waals surface area (Å²) >= 11 is 1.64. The van der Waals surface area contributed by atoms with E-state index in [9.17, 15) is 4.79 Å². The van der Waals surface area contributed by atoms with E-state index in [2.05, 4.69) is 24.1 Å². The fraction of sp³-hybridized carbons (Fsp3) is 0.500. The Labute approximate surface area is 129 Å². The van der Waals surface area contributed by atoms with Gasteiger partial charge in [0.25, 0.3) is 0 Å². The third kappa shape index (κ3) is 4.51. The lowest BCUT2D eigenvalue weighted by molar-refractivity contribution is -0.117. The number of nitrogens with two attached hydrogens (primary N) is 1. The molecular weight excluding hydrogens is 282 g/mol. The number of aryl methyl sites for hydroxylation is 1. The van der Waals surface area contributed by atoms with Crippen molar-refractivity contribution in [1.29, 1.82) is 0 Å². The number of nitrogens with one attached hydrogen (secondary N) is 1. The summed E-state index contributed by atoms with van der Waals surface area (Å²) in [7, 11) is 0. The number of carbonyl (C=O) groups is 1. The van der Waals surface area contributed by atoms with E-state index in [0.29, 0.717) is 18.9 Å². The maximum absolute atomic E-state index is 12.1. The molecule has 0 unspecified atom stereocenters. The average molecular weight is 305 g/mol. The van der Waals surface area contributed by atoms with Crippen LogP contribution in [-0.4, -0.2) is 17.4 Å². The first kappa shape index (κ1) is 15.9. The van der Waals surface area contributed by atoms with Gasteiger partial charge >= 0.3 is 0 Å². The molecule has 4 nitrogen and oxygen atoms in total. The maximum Gasteiger partial charge on any atom is 0.224 e. The molecule has 1 aromatic heterocycles. The number of aromatic nitrogens is 1. The quantitative estimate of drug-likeness (QED) is 0.857. The van der Waals surface area contributed by atoms with Gasteiger partial charge in [0, 0.05) is 12.1 Å². The molecule has 2 aromatic rings. The predicted molar refractivity (Wildman–Crippen MR) is 89.6 cm³/mol. The number of thiazole rings is 1. The molecule has 0 aliphatic rings. The van der Waals surface area contributed by atoms with Crippen molar-refractivity contribution in [2.45, 2.75) is 33.6 Å². The van der Waals surface area contributed by atoms with E-state index in [1.807, 2.05) is 25.1 Å². The van der Waals surface area contributed by atoms with Gasteiger partial charge < -0.3 is 11.1 Å². The highest BCUT2D eigenvalue weighted by Crippen LogP contribution is 2.25. The van der Waals surface area contributed by atoms with Gasteiger partial charge in [0.15, 0.2) is 0 Å². The molecule has 0 fully saturated rings. The van der Waals surface area contributed by atoms with Gasteiger partial charge in [-0.1, -0.05) is 13.8 Å². The van der Waals surface area contributed by atoms with Gasteiger partial charge in [0.2, 0.25) is 5.91 Å². The standard InChI is InChI=1S/C16H23N3OS/c1-10(2)6-12(9-17)7-16(20)19-13-4-5-14-15(8-13)21-11(3)18-14/h4-5,8,10,12H,6-7,9,17H2,1-3H3,(H,19,20)/t12-/m0/s1. The van der Waals surface area contributed by atoms with Crippen LogP contribution < -0.4 is 11.1 Å². The number of amides is 1. The highest BCUT2D eigenvalue weighted by molar-refractivity contribution is 7.18. The van der Waals surface area contributed by atoms with E-state index in [1.54, 1.807) is 11.3 Å². The monoisotopic (exact) mass is 305 g/mol. The van der Waals surface area contributed by atoms with Gasteiger partial charge in [-0.15, -0.1) is 11.3 Å². The van der Waals surface area contributed by atoms with Crippen LogP contribution in [0.1, 0.15) is 31.7 Å². The average Bonchev–Trinajstić information content (AvgIpc) is 2.76. The summed E-state index contributed by atoms with van der Waals surface area (Å²) in [6, 6.07) is 5.83. The van der Waals surface area contributed by atoms with Crippen LogP contribution in [0.4, 0.5) is 5.69 Å². The smallest absolute Gasteiger partial charge is 0.224 e. The summed E-state index contributed by atoms with van der Waals surface area (Å²) < 4.78 is 1.10. The highest BCUT2D eigenvalue weighted by Gasteiger charge is 2.14. The summed E-state index contributed by atoms with van der Waals surface area (Å²) in [6.07, 6.45) is 1.46. The molecule has 5 heteroatoms. The van der Waals surface area contributed by atoms with Crippen molar-refractivity contribution in [3.8, 4) is 0 Å². The van der Waals surface area contributed by atoms with Crippen LogP contribution in [0.5, 0.6) is 0 Å². The largest absolute Gasteiger partial charge is 0.330 e. The maximum atomic E-state index is 12.1. The van der Waals surface area contributed by atoms with E-state index in [-0.39, 0.29) is 11.8 Å². The van der Waals surface area contributed by atoms with Crippen molar-refractivity contribution in [2.24, 2.45) is 17.6 Å². The normalized spacial score (nSPS) is 12.8. The topological polar surface area (TPSA) is 68.0 Å². The van der Waals surface area contributed by atoms with E-state index < -0.39 is 0 Å². The third-order valence-corrected chi connectivity index (χ3v) is 4.32. The van der Waals surface area contributed by atoms with Crippen LogP contribution in [0.3, 0.4) is 0 Å². The molecule has 21 heavy (non-hydrogen) atoms. The SMILES string of the molecule is Cc1nc2ccc(NC(=O)C[C@@H](CN)CC(C)C)cc2s1. The van der Waals surface area contributed by atoms with E-state index >= 15 is 0 Å². The Morgan fingerprint density at radius 3 is 2.86 bits per heavy atom. The number of nitrogens with zero attached hydrogens (tertiary/aromatic N) is 1. The van der Waals surface area contributed by atoms with Crippen LogP contribution >= 0.6 is 11.3 Å². The molecule has 0 bridgehead atoms. The number of hydrogen-bond acceptors (Lipinski definition) is 4. The van der Waals surface area contributed by atoms with Gasteiger partial charge in [0.05, 0.1) is 15.2 Å². The first-order valence-corrected chi connectivity index (χ1v) is 8.16. The van der Waals surface area contributed by atoms with Crippen LogP contribution in [0.2, 0.25) is 0 Å². The number of anilines is 1. The summed E-state index contributed by atoms with van der Waals surface area (Å²) in [5.41, 5.74) is 7.56. The number of hydrogen-bond donors (Lipinski definition) is 2.